The number of anilines is 1. The van der Waals surface area contributed by atoms with Crippen LogP contribution in [0, 0.1) is 0 Å². The van der Waals surface area contributed by atoms with Gasteiger partial charge in [0.1, 0.15) is 0 Å². The molecule has 0 radical (unpaired) electrons. The molecule has 19 heavy (non-hydrogen) atoms. The zero-order valence-corrected chi connectivity index (χ0v) is 11.3. The fourth-order valence-corrected chi connectivity index (χ4v) is 2.58. The second-order valence-corrected chi connectivity index (χ2v) is 5.25. The maximum Gasteiger partial charge on any atom is 0.199 e. The van der Waals surface area contributed by atoms with Gasteiger partial charge >= 0.3 is 0 Å². The molecule has 1 N–H and O–H groups in total. The first-order valence-electron chi connectivity index (χ1n) is 6.78. The van der Waals surface area contributed by atoms with Crippen LogP contribution in [-0.2, 0) is 0 Å². The van der Waals surface area contributed by atoms with E-state index in [0.29, 0.717) is 17.7 Å². The van der Waals surface area contributed by atoms with Crippen LogP contribution in [0.1, 0.15) is 26.7 Å². The molecule has 102 valence electrons. The summed E-state index contributed by atoms with van der Waals surface area (Å²) in [6.45, 7) is 6.43. The van der Waals surface area contributed by atoms with Gasteiger partial charge in [-0.25, -0.2) is 0 Å². The molecular formula is C12H19N7. The molecule has 0 spiro atoms. The van der Waals surface area contributed by atoms with Crippen molar-refractivity contribution in [3.8, 4) is 0 Å². The summed E-state index contributed by atoms with van der Waals surface area (Å²) in [5.74, 6) is 0.950. The molecule has 3 heterocycles. The molecule has 1 aliphatic heterocycles. The van der Waals surface area contributed by atoms with Crippen LogP contribution >= 0.6 is 0 Å². The summed E-state index contributed by atoms with van der Waals surface area (Å²) in [6.07, 6.45) is 5.99. The van der Waals surface area contributed by atoms with E-state index in [-0.39, 0.29) is 0 Å². The molecule has 1 fully saturated rings. The largest absolute Gasteiger partial charge is 0.351 e. The Balaban J connectivity index is 1.92. The summed E-state index contributed by atoms with van der Waals surface area (Å²) in [6, 6.07) is 0.910. The Morgan fingerprint density at radius 1 is 1.47 bits per heavy atom. The molecule has 0 bridgehead atoms. The highest BCUT2D eigenvalue weighted by Crippen LogP contribution is 2.18. The van der Waals surface area contributed by atoms with Crippen LogP contribution in [0.15, 0.2) is 12.4 Å². The van der Waals surface area contributed by atoms with Gasteiger partial charge in [-0.05, 0) is 43.7 Å². The molecule has 0 amide bonds. The minimum Gasteiger partial charge on any atom is -0.351 e. The molecule has 2 aromatic heterocycles. The number of hydrogen-bond acceptors (Lipinski definition) is 6. The molecule has 1 aliphatic rings. The zero-order chi connectivity index (χ0) is 13.2. The topological polar surface area (TPSA) is 71.2 Å². The Labute approximate surface area is 112 Å². The van der Waals surface area contributed by atoms with Crippen LogP contribution in [0.25, 0.3) is 5.65 Å². The monoisotopic (exact) mass is 261 g/mol. The highest BCUT2D eigenvalue weighted by molar-refractivity contribution is 5.46. The maximum atomic E-state index is 4.24. The summed E-state index contributed by atoms with van der Waals surface area (Å²) in [5, 5.41) is 15.2. The van der Waals surface area contributed by atoms with E-state index in [1.165, 1.54) is 12.8 Å². The van der Waals surface area contributed by atoms with E-state index in [1.54, 1.807) is 10.7 Å². The SMILES string of the molecule is CC(C)N(CC1CCCN1)c1cncc2nnnn12. The van der Waals surface area contributed by atoms with Crippen molar-refractivity contribution in [3.63, 3.8) is 0 Å². The van der Waals surface area contributed by atoms with Crippen molar-refractivity contribution < 1.29 is 0 Å². The van der Waals surface area contributed by atoms with Gasteiger partial charge in [0.25, 0.3) is 0 Å². The van der Waals surface area contributed by atoms with Gasteiger partial charge in [-0.1, -0.05) is 0 Å². The van der Waals surface area contributed by atoms with Gasteiger partial charge in [-0.2, -0.15) is 4.52 Å². The molecule has 3 rings (SSSR count). The van der Waals surface area contributed by atoms with E-state index in [4.69, 9.17) is 0 Å². The van der Waals surface area contributed by atoms with E-state index in [1.807, 2.05) is 6.20 Å². The third kappa shape index (κ3) is 2.37. The minimum absolute atomic E-state index is 0.374. The van der Waals surface area contributed by atoms with Crippen molar-refractivity contribution in [2.75, 3.05) is 18.0 Å². The summed E-state index contributed by atoms with van der Waals surface area (Å²) in [5.41, 5.74) is 0.683. The van der Waals surface area contributed by atoms with E-state index in [2.05, 4.69) is 44.6 Å². The molecule has 0 saturated carbocycles. The number of rotatable bonds is 4. The molecule has 0 aromatic carbocycles. The van der Waals surface area contributed by atoms with Gasteiger partial charge in [0, 0.05) is 18.6 Å². The molecule has 7 nitrogen and oxygen atoms in total. The van der Waals surface area contributed by atoms with Crippen LogP contribution < -0.4 is 10.2 Å². The van der Waals surface area contributed by atoms with Crippen molar-refractivity contribution in [2.24, 2.45) is 0 Å². The highest BCUT2D eigenvalue weighted by atomic mass is 15.5. The number of nitrogens with one attached hydrogen (secondary N) is 1. The quantitative estimate of drug-likeness (QED) is 0.863. The van der Waals surface area contributed by atoms with Gasteiger partial charge in [-0.3, -0.25) is 4.98 Å². The average molecular weight is 261 g/mol. The first-order chi connectivity index (χ1) is 9.25. The normalized spacial score (nSPS) is 19.4. The van der Waals surface area contributed by atoms with Gasteiger partial charge in [0.2, 0.25) is 0 Å². The van der Waals surface area contributed by atoms with E-state index < -0.39 is 0 Å². The van der Waals surface area contributed by atoms with E-state index in [9.17, 15) is 0 Å². The Morgan fingerprint density at radius 2 is 2.37 bits per heavy atom. The van der Waals surface area contributed by atoms with Crippen LogP contribution in [0.4, 0.5) is 5.82 Å². The molecular weight excluding hydrogens is 242 g/mol. The second kappa shape index (κ2) is 5.08. The first-order valence-corrected chi connectivity index (χ1v) is 6.78. The number of aromatic nitrogens is 5. The number of hydrogen-bond donors (Lipinski definition) is 1. The zero-order valence-electron chi connectivity index (χ0n) is 11.3. The van der Waals surface area contributed by atoms with Gasteiger partial charge < -0.3 is 10.2 Å². The summed E-state index contributed by atoms with van der Waals surface area (Å²) in [7, 11) is 0. The maximum absolute atomic E-state index is 4.24. The lowest BCUT2D eigenvalue weighted by molar-refractivity contribution is 0.543. The fourth-order valence-electron chi connectivity index (χ4n) is 2.58. The smallest absolute Gasteiger partial charge is 0.199 e. The molecule has 2 aromatic rings. The molecule has 1 unspecified atom stereocenters. The lowest BCUT2D eigenvalue weighted by Crippen LogP contribution is -2.42. The average Bonchev–Trinajstić information content (AvgIpc) is 3.06. The summed E-state index contributed by atoms with van der Waals surface area (Å²) < 4.78 is 1.75. The molecule has 1 saturated heterocycles. The van der Waals surface area contributed by atoms with Crippen LogP contribution in [0.5, 0.6) is 0 Å². The third-order valence-electron chi connectivity index (χ3n) is 3.59. The molecule has 1 atom stereocenters. The Bertz CT molecular complexity index is 544. The standard InChI is InChI=1S/C12H19N7/c1-9(2)18(8-10-4-3-5-14-10)12-7-13-6-11-15-16-17-19(11)12/h6-7,9-10,14H,3-5,8H2,1-2H3. The van der Waals surface area contributed by atoms with Gasteiger partial charge in [0.15, 0.2) is 11.5 Å². The first kappa shape index (κ1) is 12.3. The summed E-state index contributed by atoms with van der Waals surface area (Å²) in [4.78, 5) is 6.54. The lowest BCUT2D eigenvalue weighted by Gasteiger charge is -2.30. The van der Waals surface area contributed by atoms with Gasteiger partial charge in [0.05, 0.1) is 12.4 Å². The number of tetrazole rings is 1. The van der Waals surface area contributed by atoms with E-state index in [0.717, 1.165) is 18.9 Å². The van der Waals surface area contributed by atoms with Crippen molar-refractivity contribution >= 4 is 11.5 Å². The highest BCUT2D eigenvalue weighted by Gasteiger charge is 2.22. The van der Waals surface area contributed by atoms with Crippen LogP contribution in [0.2, 0.25) is 0 Å². The third-order valence-corrected chi connectivity index (χ3v) is 3.59. The Morgan fingerprint density at radius 3 is 3.11 bits per heavy atom. The molecule has 7 heteroatoms. The minimum atomic E-state index is 0.374. The predicted molar refractivity (Wildman–Crippen MR) is 72.1 cm³/mol. The van der Waals surface area contributed by atoms with E-state index >= 15 is 0 Å². The lowest BCUT2D eigenvalue weighted by atomic mass is 10.2. The van der Waals surface area contributed by atoms with Crippen LogP contribution in [-0.4, -0.2) is 50.2 Å². The van der Waals surface area contributed by atoms with Crippen molar-refractivity contribution in [3.05, 3.63) is 12.4 Å². The fraction of sp³-hybridized carbons (Fsp3) is 0.667. The predicted octanol–water partition coefficient (Wildman–Crippen LogP) is 0.486. The molecule has 0 aliphatic carbocycles. The Kier molecular flexibility index (Phi) is 3.29. The number of nitrogens with zero attached hydrogens (tertiary/aromatic N) is 6. The van der Waals surface area contributed by atoms with Crippen molar-refractivity contribution in [2.45, 2.75) is 38.8 Å². The summed E-state index contributed by atoms with van der Waals surface area (Å²) >= 11 is 0. The van der Waals surface area contributed by atoms with Crippen LogP contribution in [0.3, 0.4) is 0 Å². The van der Waals surface area contributed by atoms with Gasteiger partial charge in [-0.15, -0.1) is 5.10 Å². The van der Waals surface area contributed by atoms with Crippen molar-refractivity contribution in [1.82, 2.24) is 30.3 Å². The number of fused-ring (bicyclic) bond motifs is 1. The van der Waals surface area contributed by atoms with Crippen molar-refractivity contribution in [1.29, 1.82) is 0 Å². The Hall–Kier alpha value is -1.76. The second-order valence-electron chi connectivity index (χ2n) is 5.25.